The van der Waals surface area contributed by atoms with Crippen LogP contribution in [0.3, 0.4) is 0 Å². The number of hydrogen-bond donors (Lipinski definition) is 1. The number of anilines is 2. The molecular weight excluding hydrogens is 554 g/mol. The highest BCUT2D eigenvalue weighted by atomic mass is 32.2. The summed E-state index contributed by atoms with van der Waals surface area (Å²) in [6.45, 7) is 0.446. The van der Waals surface area contributed by atoms with Crippen LogP contribution in [0.2, 0.25) is 0 Å². The molecule has 1 atom stereocenters. The number of nitrogens with one attached hydrogen (secondary N) is 1. The SMILES string of the molecule is O=C(NCc1ccccc1)C1CN(C(=O)COc2ccc(S(=O)(=O)N3CCc4ccccc43)cc2)c2ccccc2O1. The van der Waals surface area contributed by atoms with Crippen molar-refractivity contribution in [3.8, 4) is 11.5 Å². The second-order valence-electron chi connectivity index (χ2n) is 10.00. The van der Waals surface area contributed by atoms with E-state index in [1.165, 1.54) is 33.5 Å². The summed E-state index contributed by atoms with van der Waals surface area (Å²) in [7, 11) is -3.74. The topological polar surface area (TPSA) is 105 Å². The molecule has 0 spiro atoms. The lowest BCUT2D eigenvalue weighted by Gasteiger charge is -2.34. The number of carbonyl (C=O) groups excluding carboxylic acids is 2. The Kier molecular flexibility index (Phi) is 7.54. The number of rotatable bonds is 8. The number of ether oxygens (including phenoxy) is 2. The van der Waals surface area contributed by atoms with Gasteiger partial charge in [-0.25, -0.2) is 8.42 Å². The molecule has 0 saturated carbocycles. The van der Waals surface area contributed by atoms with Crippen LogP contribution in [0.5, 0.6) is 11.5 Å². The van der Waals surface area contributed by atoms with E-state index in [0.29, 0.717) is 42.4 Å². The summed E-state index contributed by atoms with van der Waals surface area (Å²) < 4.78 is 39.7. The van der Waals surface area contributed by atoms with Crippen molar-refractivity contribution < 1.29 is 27.5 Å². The predicted molar refractivity (Wildman–Crippen MR) is 158 cm³/mol. The third-order valence-corrected chi connectivity index (χ3v) is 9.12. The van der Waals surface area contributed by atoms with Gasteiger partial charge in [-0.1, -0.05) is 60.7 Å². The molecule has 10 heteroatoms. The van der Waals surface area contributed by atoms with Gasteiger partial charge in [0.05, 0.1) is 22.8 Å². The molecule has 42 heavy (non-hydrogen) atoms. The van der Waals surface area contributed by atoms with Crippen LogP contribution in [0.15, 0.2) is 108 Å². The largest absolute Gasteiger partial charge is 0.484 e. The quantitative estimate of drug-likeness (QED) is 0.337. The van der Waals surface area contributed by atoms with Gasteiger partial charge in [-0.05, 0) is 60.0 Å². The number of para-hydroxylation sites is 3. The average Bonchev–Trinajstić information content (AvgIpc) is 3.48. The van der Waals surface area contributed by atoms with Crippen LogP contribution >= 0.6 is 0 Å². The van der Waals surface area contributed by atoms with E-state index < -0.39 is 16.1 Å². The fourth-order valence-corrected chi connectivity index (χ4v) is 6.62. The summed E-state index contributed by atoms with van der Waals surface area (Å²) in [5.41, 5.74) is 3.19. The number of benzene rings is 4. The van der Waals surface area contributed by atoms with E-state index in [1.807, 2.05) is 54.6 Å². The van der Waals surface area contributed by atoms with Crippen molar-refractivity contribution in [1.82, 2.24) is 5.32 Å². The van der Waals surface area contributed by atoms with Gasteiger partial charge in [-0.15, -0.1) is 0 Å². The van der Waals surface area contributed by atoms with E-state index in [1.54, 1.807) is 24.3 Å². The molecule has 2 heterocycles. The summed E-state index contributed by atoms with van der Waals surface area (Å²) in [6.07, 6.45) is -0.230. The summed E-state index contributed by atoms with van der Waals surface area (Å²) in [6, 6.07) is 30.1. The van der Waals surface area contributed by atoms with Crippen LogP contribution in [0.25, 0.3) is 0 Å². The minimum Gasteiger partial charge on any atom is -0.484 e. The Morgan fingerprint density at radius 1 is 0.857 bits per heavy atom. The normalized spacial score (nSPS) is 15.8. The Morgan fingerprint density at radius 3 is 2.33 bits per heavy atom. The van der Waals surface area contributed by atoms with Gasteiger partial charge in [0.2, 0.25) is 0 Å². The first-order valence-corrected chi connectivity index (χ1v) is 15.1. The molecule has 0 bridgehead atoms. The summed E-state index contributed by atoms with van der Waals surface area (Å²) in [5.74, 6) is 0.0827. The maximum Gasteiger partial charge on any atom is 0.265 e. The lowest BCUT2D eigenvalue weighted by atomic mass is 10.1. The number of carbonyl (C=O) groups is 2. The van der Waals surface area contributed by atoms with E-state index in [9.17, 15) is 18.0 Å². The van der Waals surface area contributed by atoms with Crippen LogP contribution < -0.4 is 24.0 Å². The smallest absolute Gasteiger partial charge is 0.265 e. The Hall–Kier alpha value is -4.83. The highest BCUT2D eigenvalue weighted by molar-refractivity contribution is 7.92. The Labute approximate surface area is 244 Å². The van der Waals surface area contributed by atoms with Crippen LogP contribution in [-0.2, 0) is 32.6 Å². The average molecular weight is 584 g/mol. The van der Waals surface area contributed by atoms with Gasteiger partial charge in [0.1, 0.15) is 11.5 Å². The second-order valence-corrected chi connectivity index (χ2v) is 11.9. The van der Waals surface area contributed by atoms with Crippen molar-refractivity contribution in [2.75, 3.05) is 28.9 Å². The molecule has 0 fully saturated rings. The Morgan fingerprint density at radius 2 is 1.55 bits per heavy atom. The molecule has 6 rings (SSSR count). The molecule has 2 aliphatic rings. The third-order valence-electron chi connectivity index (χ3n) is 7.30. The molecule has 4 aromatic carbocycles. The summed E-state index contributed by atoms with van der Waals surface area (Å²) >= 11 is 0. The van der Waals surface area contributed by atoms with E-state index in [0.717, 1.165) is 11.1 Å². The molecule has 0 aliphatic carbocycles. The lowest BCUT2D eigenvalue weighted by Crippen LogP contribution is -2.51. The molecule has 1 N–H and O–H groups in total. The fraction of sp³-hybridized carbons (Fsp3) is 0.188. The van der Waals surface area contributed by atoms with E-state index >= 15 is 0 Å². The minimum absolute atomic E-state index is 0.0221. The van der Waals surface area contributed by atoms with Gasteiger partial charge in [0.25, 0.3) is 21.8 Å². The Bertz CT molecular complexity index is 1710. The van der Waals surface area contributed by atoms with Crippen molar-refractivity contribution >= 4 is 33.2 Å². The third kappa shape index (κ3) is 5.53. The van der Waals surface area contributed by atoms with Gasteiger partial charge in [-0.2, -0.15) is 0 Å². The molecular formula is C32H29N3O6S. The highest BCUT2D eigenvalue weighted by Crippen LogP contribution is 2.34. The van der Waals surface area contributed by atoms with Crippen molar-refractivity contribution in [1.29, 1.82) is 0 Å². The fourth-order valence-electron chi connectivity index (χ4n) is 5.12. The van der Waals surface area contributed by atoms with Gasteiger partial charge >= 0.3 is 0 Å². The van der Waals surface area contributed by atoms with E-state index in [-0.39, 0.29) is 29.9 Å². The van der Waals surface area contributed by atoms with Gasteiger partial charge in [0, 0.05) is 13.1 Å². The molecule has 0 saturated heterocycles. The van der Waals surface area contributed by atoms with Crippen LogP contribution in [0, 0.1) is 0 Å². The number of nitrogens with zero attached hydrogens (tertiary/aromatic N) is 2. The molecule has 4 aromatic rings. The molecule has 1 unspecified atom stereocenters. The molecule has 0 aromatic heterocycles. The molecule has 2 amide bonds. The van der Waals surface area contributed by atoms with Crippen molar-refractivity contribution in [2.24, 2.45) is 0 Å². The van der Waals surface area contributed by atoms with Crippen molar-refractivity contribution in [2.45, 2.75) is 24.0 Å². The zero-order valence-electron chi connectivity index (χ0n) is 22.7. The first kappa shape index (κ1) is 27.3. The number of amides is 2. The monoisotopic (exact) mass is 583 g/mol. The molecule has 9 nitrogen and oxygen atoms in total. The number of hydrogen-bond acceptors (Lipinski definition) is 6. The summed E-state index contributed by atoms with van der Waals surface area (Å²) in [4.78, 5) is 27.9. The number of sulfonamides is 1. The van der Waals surface area contributed by atoms with Crippen LogP contribution in [0.1, 0.15) is 11.1 Å². The maximum atomic E-state index is 13.3. The zero-order chi connectivity index (χ0) is 29.1. The van der Waals surface area contributed by atoms with E-state index in [4.69, 9.17) is 9.47 Å². The predicted octanol–water partition coefficient (Wildman–Crippen LogP) is 3.93. The number of fused-ring (bicyclic) bond motifs is 2. The van der Waals surface area contributed by atoms with Crippen LogP contribution in [-0.4, -0.2) is 46.0 Å². The molecule has 214 valence electrons. The van der Waals surface area contributed by atoms with Crippen molar-refractivity contribution in [3.05, 3.63) is 114 Å². The van der Waals surface area contributed by atoms with Gasteiger partial charge in [0.15, 0.2) is 12.7 Å². The molecule has 2 aliphatic heterocycles. The van der Waals surface area contributed by atoms with Crippen LogP contribution in [0.4, 0.5) is 11.4 Å². The first-order chi connectivity index (χ1) is 20.4. The maximum absolute atomic E-state index is 13.3. The minimum atomic E-state index is -3.74. The highest BCUT2D eigenvalue weighted by Gasteiger charge is 2.34. The van der Waals surface area contributed by atoms with E-state index in [2.05, 4.69) is 5.32 Å². The van der Waals surface area contributed by atoms with Gasteiger partial charge in [-0.3, -0.25) is 13.9 Å². The lowest BCUT2D eigenvalue weighted by molar-refractivity contribution is -0.128. The standard InChI is InChI=1S/C32H29N3O6S/c36-31(22-40-25-14-16-26(17-15-25)42(38,39)35-19-18-24-10-4-5-11-27(24)35)34-21-30(41-29-13-7-6-12-28(29)34)32(37)33-20-23-8-2-1-3-9-23/h1-17,30H,18-22H2,(H,33,37). The van der Waals surface area contributed by atoms with Gasteiger partial charge < -0.3 is 19.7 Å². The second kappa shape index (κ2) is 11.6. The molecule has 0 radical (unpaired) electrons. The Balaban J connectivity index is 1.11. The first-order valence-electron chi connectivity index (χ1n) is 13.6. The zero-order valence-corrected chi connectivity index (χ0v) is 23.5. The van der Waals surface area contributed by atoms with Crippen molar-refractivity contribution in [3.63, 3.8) is 0 Å². The summed E-state index contributed by atoms with van der Waals surface area (Å²) in [5, 5.41) is 2.87.